The molecule has 1 aromatic rings. The minimum absolute atomic E-state index is 0.111. The molecule has 0 saturated carbocycles. The lowest BCUT2D eigenvalue weighted by atomic mass is 10.00. The second-order valence-corrected chi connectivity index (χ2v) is 7.06. The van der Waals surface area contributed by atoms with E-state index >= 15 is 0 Å². The number of hydrogen-bond donors (Lipinski definition) is 1. The van der Waals surface area contributed by atoms with Crippen LogP contribution in [0.25, 0.3) is 0 Å². The van der Waals surface area contributed by atoms with Crippen molar-refractivity contribution in [2.45, 2.75) is 50.1 Å². The summed E-state index contributed by atoms with van der Waals surface area (Å²) in [5.41, 5.74) is 6.74. The molecule has 0 spiro atoms. The summed E-state index contributed by atoms with van der Waals surface area (Å²) in [4.78, 5) is 4.33. The Morgan fingerprint density at radius 2 is 2.16 bits per heavy atom. The number of rotatable bonds is 3. The van der Waals surface area contributed by atoms with Gasteiger partial charge < -0.3 is 5.73 Å². The highest BCUT2D eigenvalue weighted by Gasteiger charge is 2.35. The number of sulfonamides is 1. The lowest BCUT2D eigenvalue weighted by molar-refractivity contribution is 0.227. The van der Waals surface area contributed by atoms with Gasteiger partial charge in [0.15, 0.2) is 0 Å². The largest absolute Gasteiger partial charge is 0.326 e. The number of nitrogens with two attached hydrogens (primary N) is 1. The molecular weight excluding hydrogens is 262 g/mol. The topological polar surface area (TPSA) is 76.3 Å². The number of piperidine rings is 1. The fourth-order valence-electron chi connectivity index (χ4n) is 2.50. The highest BCUT2D eigenvalue weighted by Crippen LogP contribution is 2.26. The van der Waals surface area contributed by atoms with Crippen LogP contribution < -0.4 is 5.73 Å². The summed E-state index contributed by atoms with van der Waals surface area (Å²) in [6.45, 7) is 4.25. The summed E-state index contributed by atoms with van der Waals surface area (Å²) < 4.78 is 26.8. The standard InChI is InChI=1S/C13H21N3O2S/c1-10-6-7-12(9-15-10)19(17,18)16-8-4-3-5-13(16)11(2)14/h6-7,9,11,13H,3-5,8,14H2,1-2H3. The molecule has 19 heavy (non-hydrogen) atoms. The van der Waals surface area contributed by atoms with Crippen LogP contribution in [0.5, 0.6) is 0 Å². The molecule has 106 valence electrons. The van der Waals surface area contributed by atoms with Gasteiger partial charge in [-0.2, -0.15) is 4.31 Å². The smallest absolute Gasteiger partial charge is 0.244 e. The van der Waals surface area contributed by atoms with E-state index in [0.29, 0.717) is 6.54 Å². The molecule has 2 heterocycles. The number of hydrogen-bond acceptors (Lipinski definition) is 4. The highest BCUT2D eigenvalue weighted by atomic mass is 32.2. The van der Waals surface area contributed by atoms with Crippen molar-refractivity contribution in [3.05, 3.63) is 24.0 Å². The molecule has 1 fully saturated rings. The van der Waals surface area contributed by atoms with Gasteiger partial charge >= 0.3 is 0 Å². The minimum Gasteiger partial charge on any atom is -0.326 e. The Morgan fingerprint density at radius 1 is 1.42 bits per heavy atom. The van der Waals surface area contributed by atoms with Crippen molar-refractivity contribution >= 4 is 10.0 Å². The van der Waals surface area contributed by atoms with E-state index in [1.54, 1.807) is 16.4 Å². The third-order valence-corrected chi connectivity index (χ3v) is 5.50. The maximum atomic E-state index is 12.6. The van der Waals surface area contributed by atoms with Gasteiger partial charge in [0.1, 0.15) is 4.90 Å². The van der Waals surface area contributed by atoms with Crippen molar-refractivity contribution in [2.75, 3.05) is 6.54 Å². The van der Waals surface area contributed by atoms with Crippen LogP contribution in [-0.4, -0.2) is 36.3 Å². The maximum absolute atomic E-state index is 12.6. The van der Waals surface area contributed by atoms with Crippen molar-refractivity contribution in [1.29, 1.82) is 0 Å². The van der Waals surface area contributed by atoms with E-state index < -0.39 is 10.0 Å². The van der Waals surface area contributed by atoms with Gasteiger partial charge in [-0.05, 0) is 38.8 Å². The zero-order valence-corrected chi connectivity index (χ0v) is 12.2. The second-order valence-electron chi connectivity index (χ2n) is 5.17. The van der Waals surface area contributed by atoms with Crippen molar-refractivity contribution in [1.82, 2.24) is 9.29 Å². The Morgan fingerprint density at radius 3 is 2.74 bits per heavy atom. The SMILES string of the molecule is Cc1ccc(S(=O)(=O)N2CCCCC2C(C)N)cn1. The Hall–Kier alpha value is -0.980. The first-order valence-corrected chi connectivity index (χ1v) is 8.07. The highest BCUT2D eigenvalue weighted by molar-refractivity contribution is 7.89. The molecule has 5 nitrogen and oxygen atoms in total. The van der Waals surface area contributed by atoms with E-state index in [1.807, 2.05) is 13.8 Å². The summed E-state index contributed by atoms with van der Waals surface area (Å²) >= 11 is 0. The van der Waals surface area contributed by atoms with Gasteiger partial charge in [0, 0.05) is 30.5 Å². The molecule has 2 rings (SSSR count). The predicted octanol–water partition coefficient (Wildman–Crippen LogP) is 1.28. The molecule has 0 amide bonds. The summed E-state index contributed by atoms with van der Waals surface area (Å²) in [5, 5.41) is 0. The summed E-state index contributed by atoms with van der Waals surface area (Å²) in [6, 6.07) is 3.07. The van der Waals surface area contributed by atoms with Crippen LogP contribution in [0.3, 0.4) is 0 Å². The van der Waals surface area contributed by atoms with Crippen LogP contribution in [0.4, 0.5) is 0 Å². The monoisotopic (exact) mass is 283 g/mol. The molecular formula is C13H21N3O2S. The zero-order valence-electron chi connectivity index (χ0n) is 11.4. The van der Waals surface area contributed by atoms with Crippen LogP contribution in [0.2, 0.25) is 0 Å². The lowest BCUT2D eigenvalue weighted by Crippen LogP contribution is -2.51. The molecule has 6 heteroatoms. The van der Waals surface area contributed by atoms with Crippen LogP contribution >= 0.6 is 0 Å². The average molecular weight is 283 g/mol. The van der Waals surface area contributed by atoms with Crippen LogP contribution in [0, 0.1) is 6.92 Å². The lowest BCUT2D eigenvalue weighted by Gasteiger charge is -2.36. The number of aromatic nitrogens is 1. The molecule has 1 aliphatic rings. The van der Waals surface area contributed by atoms with Crippen LogP contribution in [0.1, 0.15) is 31.9 Å². The predicted molar refractivity (Wildman–Crippen MR) is 74.2 cm³/mol. The van der Waals surface area contributed by atoms with Gasteiger partial charge in [0.05, 0.1) is 0 Å². The van der Waals surface area contributed by atoms with Gasteiger partial charge in [0.25, 0.3) is 0 Å². The van der Waals surface area contributed by atoms with E-state index in [1.165, 1.54) is 6.20 Å². The van der Waals surface area contributed by atoms with E-state index in [-0.39, 0.29) is 17.0 Å². The third kappa shape index (κ3) is 2.96. The number of pyridine rings is 1. The fourth-order valence-corrected chi connectivity index (χ4v) is 4.22. The molecule has 0 radical (unpaired) electrons. The van der Waals surface area contributed by atoms with Gasteiger partial charge in [-0.1, -0.05) is 6.42 Å². The van der Waals surface area contributed by atoms with E-state index in [9.17, 15) is 8.42 Å². The molecule has 2 atom stereocenters. The Kier molecular flexibility index (Phi) is 4.23. The van der Waals surface area contributed by atoms with E-state index in [2.05, 4.69) is 4.98 Å². The van der Waals surface area contributed by atoms with Crippen molar-refractivity contribution in [2.24, 2.45) is 5.73 Å². The molecule has 2 unspecified atom stereocenters. The van der Waals surface area contributed by atoms with E-state index in [0.717, 1.165) is 25.0 Å². The quantitative estimate of drug-likeness (QED) is 0.906. The molecule has 1 aliphatic heterocycles. The summed E-state index contributed by atoms with van der Waals surface area (Å²) in [6.07, 6.45) is 4.18. The minimum atomic E-state index is -3.48. The second kappa shape index (κ2) is 5.56. The van der Waals surface area contributed by atoms with Crippen LogP contribution in [-0.2, 0) is 10.0 Å². The normalized spacial score (nSPS) is 23.2. The Balaban J connectivity index is 2.34. The van der Waals surface area contributed by atoms with Gasteiger partial charge in [0.2, 0.25) is 10.0 Å². The fraction of sp³-hybridized carbons (Fsp3) is 0.615. The van der Waals surface area contributed by atoms with E-state index in [4.69, 9.17) is 5.73 Å². The molecule has 1 aromatic heterocycles. The first kappa shape index (κ1) is 14.4. The average Bonchev–Trinajstić information content (AvgIpc) is 2.39. The molecule has 2 N–H and O–H groups in total. The maximum Gasteiger partial charge on any atom is 0.244 e. The Bertz CT molecular complexity index is 525. The Labute approximate surface area is 114 Å². The number of nitrogens with zero attached hydrogens (tertiary/aromatic N) is 2. The summed E-state index contributed by atoms with van der Waals surface area (Å²) in [5.74, 6) is 0. The first-order valence-electron chi connectivity index (χ1n) is 6.63. The zero-order chi connectivity index (χ0) is 14.0. The van der Waals surface area contributed by atoms with Gasteiger partial charge in [-0.15, -0.1) is 0 Å². The molecule has 0 aromatic carbocycles. The molecule has 1 saturated heterocycles. The molecule has 0 aliphatic carbocycles. The van der Waals surface area contributed by atoms with Crippen molar-refractivity contribution in [3.8, 4) is 0 Å². The van der Waals surface area contributed by atoms with Crippen molar-refractivity contribution < 1.29 is 8.42 Å². The van der Waals surface area contributed by atoms with Crippen molar-refractivity contribution in [3.63, 3.8) is 0 Å². The summed E-state index contributed by atoms with van der Waals surface area (Å²) in [7, 11) is -3.48. The first-order chi connectivity index (χ1) is 8.93. The number of aryl methyl sites for hydroxylation is 1. The third-order valence-electron chi connectivity index (χ3n) is 3.60. The van der Waals surface area contributed by atoms with Crippen LogP contribution in [0.15, 0.2) is 23.2 Å². The van der Waals surface area contributed by atoms with Gasteiger partial charge in [-0.25, -0.2) is 8.42 Å². The van der Waals surface area contributed by atoms with Gasteiger partial charge in [-0.3, -0.25) is 4.98 Å². The molecule has 0 bridgehead atoms.